The van der Waals surface area contributed by atoms with E-state index in [1.165, 1.54) is 12.1 Å². The third-order valence-corrected chi connectivity index (χ3v) is 4.76. The highest BCUT2D eigenvalue weighted by atomic mass is 32.2. The molecule has 0 aliphatic rings. The van der Waals surface area contributed by atoms with Crippen LogP contribution in [-0.4, -0.2) is 37.8 Å². The lowest BCUT2D eigenvalue weighted by Crippen LogP contribution is -2.37. The zero-order valence-corrected chi connectivity index (χ0v) is 16.6. The molecule has 1 amide bonds. The van der Waals surface area contributed by atoms with Crippen molar-refractivity contribution in [2.45, 2.75) is 17.9 Å². The molecule has 2 rings (SSSR count). The van der Waals surface area contributed by atoms with Crippen LogP contribution in [0.5, 0.6) is 5.75 Å². The van der Waals surface area contributed by atoms with E-state index in [1.807, 2.05) is 18.2 Å². The maximum Gasteiger partial charge on any atom is 0.255 e. The van der Waals surface area contributed by atoms with Crippen LogP contribution in [0.4, 0.5) is 4.39 Å². The van der Waals surface area contributed by atoms with Gasteiger partial charge >= 0.3 is 0 Å². The third-order valence-electron chi connectivity index (χ3n) is 3.66. The van der Waals surface area contributed by atoms with Crippen LogP contribution >= 0.6 is 11.8 Å². The number of primary amides is 1. The van der Waals surface area contributed by atoms with E-state index < -0.39 is 5.91 Å². The van der Waals surface area contributed by atoms with E-state index in [9.17, 15) is 9.18 Å². The van der Waals surface area contributed by atoms with E-state index in [-0.39, 0.29) is 12.4 Å². The van der Waals surface area contributed by atoms with Crippen molar-refractivity contribution >= 4 is 23.6 Å². The lowest BCUT2D eigenvalue weighted by atomic mass is 10.2. The number of halogens is 1. The van der Waals surface area contributed by atoms with Crippen LogP contribution in [0, 0.1) is 5.82 Å². The van der Waals surface area contributed by atoms with Gasteiger partial charge in [0, 0.05) is 25.0 Å². The van der Waals surface area contributed by atoms with Gasteiger partial charge in [0.2, 0.25) is 0 Å². The van der Waals surface area contributed by atoms with E-state index in [0.29, 0.717) is 18.3 Å². The van der Waals surface area contributed by atoms with Gasteiger partial charge in [-0.3, -0.25) is 9.79 Å². The smallest absolute Gasteiger partial charge is 0.255 e. The molecule has 4 N–H and O–H groups in total. The lowest BCUT2D eigenvalue weighted by molar-refractivity contribution is -0.119. The van der Waals surface area contributed by atoms with Crippen LogP contribution in [0.15, 0.2) is 58.4 Å². The van der Waals surface area contributed by atoms with Crippen LogP contribution in [0.1, 0.15) is 12.0 Å². The van der Waals surface area contributed by atoms with E-state index >= 15 is 0 Å². The third kappa shape index (κ3) is 8.30. The van der Waals surface area contributed by atoms with Gasteiger partial charge in [-0.1, -0.05) is 12.1 Å². The molecule has 28 heavy (non-hydrogen) atoms. The second kappa shape index (κ2) is 11.9. The van der Waals surface area contributed by atoms with Crippen LogP contribution in [0.25, 0.3) is 0 Å². The molecule has 0 spiro atoms. The molecule has 8 heteroatoms. The first-order valence-electron chi connectivity index (χ1n) is 8.90. The zero-order valence-electron chi connectivity index (χ0n) is 15.8. The molecule has 0 heterocycles. The fourth-order valence-electron chi connectivity index (χ4n) is 2.31. The Kier molecular flexibility index (Phi) is 9.14. The summed E-state index contributed by atoms with van der Waals surface area (Å²) in [7, 11) is 1.72. The molecule has 0 aromatic heterocycles. The lowest BCUT2D eigenvalue weighted by Gasteiger charge is -2.12. The molecular weight excluding hydrogens is 379 g/mol. The van der Waals surface area contributed by atoms with E-state index in [0.717, 1.165) is 29.2 Å². The molecule has 0 radical (unpaired) electrons. The molecular formula is C20H25FN4O2S. The fourth-order valence-corrected chi connectivity index (χ4v) is 3.16. The quantitative estimate of drug-likeness (QED) is 0.245. The number of hydrogen-bond donors (Lipinski definition) is 3. The maximum absolute atomic E-state index is 12.9. The van der Waals surface area contributed by atoms with Crippen LogP contribution in [-0.2, 0) is 11.3 Å². The Labute approximate surface area is 168 Å². The predicted octanol–water partition coefficient (Wildman–Crippen LogP) is 2.54. The van der Waals surface area contributed by atoms with Gasteiger partial charge in [0.1, 0.15) is 11.6 Å². The van der Waals surface area contributed by atoms with Crippen molar-refractivity contribution in [2.24, 2.45) is 10.7 Å². The number of benzene rings is 2. The number of nitrogens with two attached hydrogens (primary N) is 1. The Bertz CT molecular complexity index is 784. The van der Waals surface area contributed by atoms with Crippen molar-refractivity contribution in [2.75, 3.05) is 26.0 Å². The fraction of sp³-hybridized carbons (Fsp3) is 0.300. The topological polar surface area (TPSA) is 88.7 Å². The molecule has 2 aromatic carbocycles. The molecule has 150 valence electrons. The summed E-state index contributed by atoms with van der Waals surface area (Å²) in [6, 6.07) is 14.0. The van der Waals surface area contributed by atoms with Crippen molar-refractivity contribution in [1.82, 2.24) is 10.6 Å². The van der Waals surface area contributed by atoms with Gasteiger partial charge in [-0.2, -0.15) is 0 Å². The number of carbonyl (C=O) groups excluding carboxylic acids is 1. The van der Waals surface area contributed by atoms with Gasteiger partial charge in [-0.05, 0) is 54.1 Å². The van der Waals surface area contributed by atoms with Crippen molar-refractivity contribution < 1.29 is 13.9 Å². The number of rotatable bonds is 10. The first-order valence-corrected chi connectivity index (χ1v) is 9.88. The average molecular weight is 405 g/mol. The summed E-state index contributed by atoms with van der Waals surface area (Å²) < 4.78 is 18.2. The van der Waals surface area contributed by atoms with Crippen molar-refractivity contribution in [3.05, 3.63) is 59.9 Å². The van der Waals surface area contributed by atoms with E-state index in [1.54, 1.807) is 37.0 Å². The largest absolute Gasteiger partial charge is 0.484 e. The van der Waals surface area contributed by atoms with Gasteiger partial charge in [0.15, 0.2) is 12.6 Å². The maximum atomic E-state index is 12.9. The molecule has 0 aliphatic heterocycles. The normalized spacial score (nSPS) is 11.1. The van der Waals surface area contributed by atoms with Gasteiger partial charge < -0.3 is 21.1 Å². The monoisotopic (exact) mass is 404 g/mol. The number of guanidine groups is 1. The number of ether oxygens (including phenoxy) is 1. The Morgan fingerprint density at radius 1 is 1.21 bits per heavy atom. The second-order valence-corrected chi connectivity index (χ2v) is 7.08. The van der Waals surface area contributed by atoms with Gasteiger partial charge in [0.05, 0.1) is 0 Å². The Balaban J connectivity index is 1.67. The Morgan fingerprint density at radius 3 is 2.71 bits per heavy atom. The number of aliphatic imine (C=N–C) groups is 1. The number of nitrogens with one attached hydrogen (secondary N) is 2. The molecule has 0 atom stereocenters. The highest BCUT2D eigenvalue weighted by Crippen LogP contribution is 2.18. The van der Waals surface area contributed by atoms with Gasteiger partial charge in [-0.15, -0.1) is 11.8 Å². The number of amides is 1. The Morgan fingerprint density at radius 2 is 2.00 bits per heavy atom. The highest BCUT2D eigenvalue weighted by molar-refractivity contribution is 7.99. The second-order valence-electron chi connectivity index (χ2n) is 5.91. The minimum atomic E-state index is -0.509. The summed E-state index contributed by atoms with van der Waals surface area (Å²) in [5, 5.41) is 6.50. The average Bonchev–Trinajstić information content (AvgIpc) is 2.70. The summed E-state index contributed by atoms with van der Waals surface area (Å²) in [6.07, 6.45) is 0.944. The van der Waals surface area contributed by atoms with Gasteiger partial charge in [0.25, 0.3) is 5.91 Å². The first kappa shape index (κ1) is 21.6. The Hall–Kier alpha value is -2.74. The van der Waals surface area contributed by atoms with Crippen molar-refractivity contribution in [1.29, 1.82) is 0 Å². The molecule has 0 saturated heterocycles. The number of carbonyl (C=O) groups is 1. The summed E-state index contributed by atoms with van der Waals surface area (Å²) in [5.74, 6) is 1.50. The minimum absolute atomic E-state index is 0.143. The molecule has 2 aromatic rings. The van der Waals surface area contributed by atoms with E-state index in [4.69, 9.17) is 10.5 Å². The number of hydrogen-bond acceptors (Lipinski definition) is 4. The SMILES string of the molecule is CN=C(NCCCSc1ccc(F)cc1)NCc1cccc(OCC(N)=O)c1. The van der Waals surface area contributed by atoms with Crippen molar-refractivity contribution in [3.8, 4) is 5.75 Å². The molecule has 6 nitrogen and oxygen atoms in total. The molecule has 0 unspecified atom stereocenters. The molecule has 0 saturated carbocycles. The standard InChI is InChI=1S/C20H25FN4O2S/c1-23-20(24-10-3-11-28-18-8-6-16(21)7-9-18)25-13-15-4-2-5-17(12-15)27-14-19(22)26/h2,4-9,12H,3,10-11,13-14H2,1H3,(H2,22,26)(H2,23,24,25). The van der Waals surface area contributed by atoms with Crippen LogP contribution in [0.3, 0.4) is 0 Å². The summed E-state index contributed by atoms with van der Waals surface area (Å²) in [4.78, 5) is 16.1. The van der Waals surface area contributed by atoms with Crippen LogP contribution < -0.4 is 21.1 Å². The molecule has 0 aliphatic carbocycles. The molecule has 0 bridgehead atoms. The van der Waals surface area contributed by atoms with E-state index in [2.05, 4.69) is 15.6 Å². The first-order chi connectivity index (χ1) is 13.6. The molecule has 0 fully saturated rings. The number of thioether (sulfide) groups is 1. The summed E-state index contributed by atoms with van der Waals surface area (Å²) in [5.41, 5.74) is 6.08. The van der Waals surface area contributed by atoms with Crippen molar-refractivity contribution in [3.63, 3.8) is 0 Å². The van der Waals surface area contributed by atoms with Crippen LogP contribution in [0.2, 0.25) is 0 Å². The number of nitrogens with zero attached hydrogens (tertiary/aromatic N) is 1. The summed E-state index contributed by atoms with van der Waals surface area (Å²) >= 11 is 1.69. The predicted molar refractivity (Wildman–Crippen MR) is 111 cm³/mol. The zero-order chi connectivity index (χ0) is 20.2. The highest BCUT2D eigenvalue weighted by Gasteiger charge is 2.02. The minimum Gasteiger partial charge on any atom is -0.484 e. The van der Waals surface area contributed by atoms with Gasteiger partial charge in [-0.25, -0.2) is 4.39 Å². The summed E-state index contributed by atoms with van der Waals surface area (Å²) in [6.45, 7) is 1.20.